The topological polar surface area (TPSA) is 144 Å². The van der Waals surface area contributed by atoms with Crippen molar-refractivity contribution in [2.24, 2.45) is 5.92 Å². The normalized spacial score (nSPS) is 20.1. The van der Waals surface area contributed by atoms with E-state index in [0.29, 0.717) is 42.5 Å². The number of nitrogens with zero attached hydrogens (tertiary/aromatic N) is 4. The number of nitrogens with one attached hydrogen (secondary N) is 1. The maximum absolute atomic E-state index is 13.7. The van der Waals surface area contributed by atoms with Gasteiger partial charge in [0.15, 0.2) is 9.84 Å². The number of carbonyl (C=O) groups excluding carboxylic acids is 5. The summed E-state index contributed by atoms with van der Waals surface area (Å²) < 4.78 is 23.9. The van der Waals surface area contributed by atoms with Gasteiger partial charge in [-0.2, -0.15) is 0 Å². The first-order chi connectivity index (χ1) is 23.9. The lowest BCUT2D eigenvalue weighted by atomic mass is 9.95. The van der Waals surface area contributed by atoms with Crippen LogP contribution in [-0.2, 0) is 19.4 Å². The average Bonchev–Trinajstić information content (AvgIpc) is 3.34. The van der Waals surface area contributed by atoms with Crippen LogP contribution in [-0.4, -0.2) is 86.4 Å². The molecule has 0 radical (unpaired) electrons. The van der Waals surface area contributed by atoms with Gasteiger partial charge in [0.05, 0.1) is 16.0 Å². The molecule has 14 heteroatoms. The van der Waals surface area contributed by atoms with Crippen LogP contribution in [0.2, 0.25) is 5.02 Å². The molecular weight excluding hydrogens is 682 g/mol. The Hall–Kier alpha value is -5.01. The Morgan fingerprint density at radius 2 is 1.58 bits per heavy atom. The highest BCUT2D eigenvalue weighted by Crippen LogP contribution is 2.35. The number of fused-ring (bicyclic) bond motifs is 1. The second kappa shape index (κ2) is 13.0. The summed E-state index contributed by atoms with van der Waals surface area (Å²) in [4.78, 5) is 70.8. The van der Waals surface area contributed by atoms with E-state index in [1.165, 1.54) is 12.1 Å². The van der Waals surface area contributed by atoms with Gasteiger partial charge in [0, 0.05) is 67.0 Å². The molecular formula is C36H34ClN5O7S. The lowest BCUT2D eigenvalue weighted by Crippen LogP contribution is -2.54. The van der Waals surface area contributed by atoms with Crippen molar-refractivity contribution >= 4 is 62.5 Å². The molecule has 4 aliphatic rings. The summed E-state index contributed by atoms with van der Waals surface area (Å²) in [5.41, 5.74) is 3.42. The summed E-state index contributed by atoms with van der Waals surface area (Å²) in [6.07, 6.45) is 6.68. The van der Waals surface area contributed by atoms with Crippen LogP contribution in [0.3, 0.4) is 0 Å². The SMILES string of the molecule is CS(=O)(=O)c1ccc(-c2cccc(N3CC=CN(CC4CCN(c5ccc6c(c5)C(=O)N(C5CCC(=O)NC5=O)C6=O)CC4)C3=O)c2)c(Cl)c1. The van der Waals surface area contributed by atoms with Gasteiger partial charge in [0.25, 0.3) is 11.8 Å². The summed E-state index contributed by atoms with van der Waals surface area (Å²) in [6.45, 7) is 2.33. The fourth-order valence-electron chi connectivity index (χ4n) is 7.04. The van der Waals surface area contributed by atoms with Crippen molar-refractivity contribution in [2.45, 2.75) is 36.6 Å². The van der Waals surface area contributed by atoms with Crippen molar-refractivity contribution in [2.75, 3.05) is 42.2 Å². The molecule has 2 saturated heterocycles. The minimum Gasteiger partial charge on any atom is -0.371 e. The molecule has 1 N–H and O–H groups in total. The molecule has 3 aromatic rings. The summed E-state index contributed by atoms with van der Waals surface area (Å²) in [5, 5.41) is 2.52. The smallest absolute Gasteiger partial charge is 0.328 e. The molecule has 0 spiro atoms. The third-order valence-corrected chi connectivity index (χ3v) is 11.2. The van der Waals surface area contributed by atoms with Gasteiger partial charge < -0.3 is 9.80 Å². The van der Waals surface area contributed by atoms with Crippen molar-refractivity contribution in [1.29, 1.82) is 0 Å². The number of amides is 6. The summed E-state index contributed by atoms with van der Waals surface area (Å²) in [6, 6.07) is 16.0. The molecule has 258 valence electrons. The summed E-state index contributed by atoms with van der Waals surface area (Å²) in [5.74, 6) is -1.88. The third kappa shape index (κ3) is 6.27. The average molecular weight is 716 g/mol. The Morgan fingerprint density at radius 3 is 2.30 bits per heavy atom. The number of halogens is 1. The molecule has 3 aromatic carbocycles. The Labute approximate surface area is 294 Å². The molecule has 1 unspecified atom stereocenters. The highest BCUT2D eigenvalue weighted by atomic mass is 35.5. The van der Waals surface area contributed by atoms with Crippen LogP contribution in [0.5, 0.6) is 0 Å². The molecule has 12 nitrogen and oxygen atoms in total. The van der Waals surface area contributed by atoms with Gasteiger partial charge in [0.2, 0.25) is 11.8 Å². The first kappa shape index (κ1) is 33.5. The number of rotatable bonds is 7. The van der Waals surface area contributed by atoms with Gasteiger partial charge in [-0.15, -0.1) is 0 Å². The molecule has 0 saturated carbocycles. The molecule has 4 heterocycles. The van der Waals surface area contributed by atoms with Gasteiger partial charge in [-0.05, 0) is 79.3 Å². The maximum Gasteiger partial charge on any atom is 0.328 e. The molecule has 0 bridgehead atoms. The van der Waals surface area contributed by atoms with Crippen molar-refractivity contribution in [3.63, 3.8) is 0 Å². The number of urea groups is 1. The summed E-state index contributed by atoms with van der Waals surface area (Å²) >= 11 is 6.48. The second-order valence-electron chi connectivity index (χ2n) is 13.0. The zero-order valence-electron chi connectivity index (χ0n) is 27.2. The predicted octanol–water partition coefficient (Wildman–Crippen LogP) is 4.48. The number of imide groups is 2. The van der Waals surface area contributed by atoms with Crippen molar-refractivity contribution in [3.05, 3.63) is 89.1 Å². The molecule has 2 fully saturated rings. The maximum atomic E-state index is 13.7. The number of hydrogen-bond acceptors (Lipinski definition) is 8. The molecule has 0 aliphatic carbocycles. The quantitative estimate of drug-likeness (QED) is 0.353. The van der Waals surface area contributed by atoms with E-state index in [0.717, 1.165) is 35.2 Å². The third-order valence-electron chi connectivity index (χ3n) is 9.75. The van der Waals surface area contributed by atoms with Crippen LogP contribution in [0.4, 0.5) is 16.2 Å². The summed E-state index contributed by atoms with van der Waals surface area (Å²) in [7, 11) is -3.40. The van der Waals surface area contributed by atoms with Crippen LogP contribution >= 0.6 is 11.6 Å². The van der Waals surface area contributed by atoms with E-state index in [9.17, 15) is 32.4 Å². The molecule has 7 rings (SSSR count). The van der Waals surface area contributed by atoms with Gasteiger partial charge in [-0.25, -0.2) is 13.2 Å². The van der Waals surface area contributed by atoms with Gasteiger partial charge in [-0.3, -0.25) is 34.3 Å². The van der Waals surface area contributed by atoms with Gasteiger partial charge in [0.1, 0.15) is 6.04 Å². The highest BCUT2D eigenvalue weighted by Gasteiger charge is 2.45. The predicted molar refractivity (Wildman–Crippen MR) is 187 cm³/mol. The van der Waals surface area contributed by atoms with E-state index in [-0.39, 0.29) is 40.8 Å². The van der Waals surface area contributed by atoms with E-state index in [1.807, 2.05) is 42.6 Å². The van der Waals surface area contributed by atoms with Gasteiger partial charge in [-0.1, -0.05) is 29.8 Å². The van der Waals surface area contributed by atoms with Crippen LogP contribution in [0.25, 0.3) is 11.1 Å². The van der Waals surface area contributed by atoms with E-state index < -0.39 is 39.5 Å². The van der Waals surface area contributed by atoms with E-state index in [1.54, 1.807) is 28.0 Å². The Balaban J connectivity index is 0.985. The van der Waals surface area contributed by atoms with Crippen molar-refractivity contribution < 1.29 is 32.4 Å². The van der Waals surface area contributed by atoms with Crippen LogP contribution < -0.4 is 15.1 Å². The number of carbonyl (C=O) groups is 5. The molecule has 50 heavy (non-hydrogen) atoms. The Kier molecular flexibility index (Phi) is 8.73. The Morgan fingerprint density at radius 1 is 0.840 bits per heavy atom. The minimum absolute atomic E-state index is 0.0642. The van der Waals surface area contributed by atoms with E-state index >= 15 is 0 Å². The zero-order valence-corrected chi connectivity index (χ0v) is 28.7. The lowest BCUT2D eigenvalue weighted by molar-refractivity contribution is -0.136. The van der Waals surface area contributed by atoms with Crippen molar-refractivity contribution in [3.8, 4) is 11.1 Å². The first-order valence-corrected chi connectivity index (χ1v) is 18.6. The lowest BCUT2D eigenvalue weighted by Gasteiger charge is -2.37. The van der Waals surface area contributed by atoms with Crippen LogP contribution in [0.1, 0.15) is 46.4 Å². The largest absolute Gasteiger partial charge is 0.371 e. The van der Waals surface area contributed by atoms with Crippen molar-refractivity contribution in [1.82, 2.24) is 15.1 Å². The molecule has 4 aliphatic heterocycles. The highest BCUT2D eigenvalue weighted by molar-refractivity contribution is 7.90. The minimum atomic E-state index is -3.40. The number of anilines is 2. The monoisotopic (exact) mass is 715 g/mol. The fraction of sp³-hybridized carbons (Fsp3) is 0.306. The standard InChI is InChI=1S/C36H34ClN5O7S/c1-50(48,49)26-7-9-27(30(37)20-26)23-4-2-5-25(18-23)41-15-3-14-40(36(41)47)21-22-12-16-39(17-13-22)24-6-8-28-29(19-24)35(46)42(34(28)45)31-10-11-32(43)38-33(31)44/h2-9,14,18-20,22,31H,10-13,15-17,21H2,1H3,(H,38,43,44). The molecule has 1 atom stereocenters. The number of hydrogen-bond donors (Lipinski definition) is 1. The fourth-order valence-corrected chi connectivity index (χ4v) is 8.04. The van der Waals surface area contributed by atoms with Crippen LogP contribution in [0.15, 0.2) is 77.8 Å². The first-order valence-electron chi connectivity index (χ1n) is 16.3. The number of benzene rings is 3. The number of sulfone groups is 1. The second-order valence-corrected chi connectivity index (χ2v) is 15.4. The van der Waals surface area contributed by atoms with Crippen LogP contribution in [0, 0.1) is 5.92 Å². The Bertz CT molecular complexity index is 2090. The molecule has 0 aromatic heterocycles. The van der Waals surface area contributed by atoms with E-state index in [4.69, 9.17) is 11.6 Å². The van der Waals surface area contributed by atoms with Gasteiger partial charge >= 0.3 is 6.03 Å². The molecule has 6 amide bonds. The zero-order chi connectivity index (χ0) is 35.3. The number of piperidine rings is 2. The van der Waals surface area contributed by atoms with E-state index in [2.05, 4.69) is 10.2 Å².